The molecule has 0 fully saturated rings. The quantitative estimate of drug-likeness (QED) is 0.543. The summed E-state index contributed by atoms with van der Waals surface area (Å²) in [5.41, 5.74) is 0.776. The molecular weight excluding hydrogens is 192 g/mol. The zero-order chi connectivity index (χ0) is 8.97. The van der Waals surface area contributed by atoms with Crippen LogP contribution in [0.25, 0.3) is 6.08 Å². The monoisotopic (exact) mass is 200 g/mol. The minimum atomic E-state index is 0.589. The summed E-state index contributed by atoms with van der Waals surface area (Å²) in [6.07, 6.45) is 7.32. The summed E-state index contributed by atoms with van der Waals surface area (Å²) in [5.74, 6) is 0. The lowest BCUT2D eigenvalue weighted by Gasteiger charge is -1.98. The molecule has 1 heterocycles. The lowest BCUT2D eigenvalue weighted by atomic mass is 10.4. The third-order valence-corrected chi connectivity index (χ3v) is 2.11. The molecule has 0 atom stereocenters. The van der Waals surface area contributed by atoms with E-state index in [2.05, 4.69) is 9.97 Å². The van der Waals surface area contributed by atoms with Crippen molar-refractivity contribution in [3.63, 3.8) is 0 Å². The van der Waals surface area contributed by atoms with Gasteiger partial charge in [-0.2, -0.15) is 0 Å². The van der Waals surface area contributed by atoms with E-state index in [1.54, 1.807) is 6.20 Å². The maximum atomic E-state index is 5.85. The SMILES string of the molecule is C/C=C/c1nc(SC)ncc1Cl. The minimum Gasteiger partial charge on any atom is -0.230 e. The maximum Gasteiger partial charge on any atom is 0.187 e. The summed E-state index contributed by atoms with van der Waals surface area (Å²) >= 11 is 7.35. The van der Waals surface area contributed by atoms with Gasteiger partial charge < -0.3 is 0 Å². The zero-order valence-electron chi connectivity index (χ0n) is 6.91. The standard InChI is InChI=1S/C8H9ClN2S/c1-3-4-7-6(9)5-10-8(11-7)12-2/h3-5H,1-2H3/b4-3+. The third-order valence-electron chi connectivity index (χ3n) is 1.26. The number of halogens is 1. The second kappa shape index (κ2) is 4.48. The van der Waals surface area contributed by atoms with Crippen molar-refractivity contribution in [2.24, 2.45) is 0 Å². The molecule has 0 bridgehead atoms. The Morgan fingerprint density at radius 1 is 1.58 bits per heavy atom. The van der Waals surface area contributed by atoms with Crippen LogP contribution in [-0.4, -0.2) is 16.2 Å². The van der Waals surface area contributed by atoms with Crippen LogP contribution in [-0.2, 0) is 0 Å². The molecule has 0 N–H and O–H groups in total. The Labute approximate surface area is 81.1 Å². The summed E-state index contributed by atoms with van der Waals surface area (Å²) in [4.78, 5) is 8.24. The first-order valence-electron chi connectivity index (χ1n) is 3.47. The van der Waals surface area contributed by atoms with Gasteiger partial charge in [0, 0.05) is 0 Å². The van der Waals surface area contributed by atoms with Gasteiger partial charge in [-0.3, -0.25) is 0 Å². The Hall–Kier alpha value is -0.540. The van der Waals surface area contributed by atoms with Gasteiger partial charge in [-0.05, 0) is 19.3 Å². The molecule has 0 saturated heterocycles. The highest BCUT2D eigenvalue weighted by molar-refractivity contribution is 7.98. The Kier molecular flexibility index (Phi) is 3.56. The van der Waals surface area contributed by atoms with E-state index in [-0.39, 0.29) is 0 Å². The molecule has 0 unspecified atom stereocenters. The van der Waals surface area contributed by atoms with E-state index in [4.69, 9.17) is 11.6 Å². The van der Waals surface area contributed by atoms with Crippen LogP contribution in [0.3, 0.4) is 0 Å². The topological polar surface area (TPSA) is 25.8 Å². The Morgan fingerprint density at radius 3 is 2.92 bits per heavy atom. The molecule has 0 amide bonds. The molecule has 0 aliphatic carbocycles. The number of allylic oxidation sites excluding steroid dienone is 1. The van der Waals surface area contributed by atoms with Crippen LogP contribution in [0.5, 0.6) is 0 Å². The third kappa shape index (κ3) is 2.22. The number of aromatic nitrogens is 2. The fourth-order valence-electron chi connectivity index (χ4n) is 0.736. The molecule has 0 spiro atoms. The van der Waals surface area contributed by atoms with Crippen molar-refractivity contribution in [2.75, 3.05) is 6.26 Å². The first kappa shape index (κ1) is 9.55. The lowest BCUT2D eigenvalue weighted by molar-refractivity contribution is 0.961. The highest BCUT2D eigenvalue weighted by atomic mass is 35.5. The molecule has 1 aromatic rings. The second-order valence-electron chi connectivity index (χ2n) is 2.09. The van der Waals surface area contributed by atoms with Crippen LogP contribution in [0.15, 0.2) is 17.4 Å². The normalized spacial score (nSPS) is 10.9. The van der Waals surface area contributed by atoms with Crippen molar-refractivity contribution >= 4 is 29.4 Å². The summed E-state index contributed by atoms with van der Waals surface area (Å²) in [5, 5.41) is 1.33. The Morgan fingerprint density at radius 2 is 2.33 bits per heavy atom. The van der Waals surface area contributed by atoms with Gasteiger partial charge in [-0.15, -0.1) is 0 Å². The van der Waals surface area contributed by atoms with Gasteiger partial charge in [0.05, 0.1) is 16.9 Å². The molecule has 0 aliphatic rings. The van der Waals surface area contributed by atoms with Crippen molar-refractivity contribution in [1.29, 1.82) is 0 Å². The van der Waals surface area contributed by atoms with E-state index >= 15 is 0 Å². The first-order chi connectivity index (χ1) is 5.77. The molecule has 0 aromatic carbocycles. The average molecular weight is 201 g/mol. The summed E-state index contributed by atoms with van der Waals surface area (Å²) in [6, 6.07) is 0. The predicted octanol–water partition coefficient (Wildman–Crippen LogP) is 2.89. The summed E-state index contributed by atoms with van der Waals surface area (Å²) in [7, 11) is 0. The molecule has 2 nitrogen and oxygen atoms in total. The summed E-state index contributed by atoms with van der Waals surface area (Å²) in [6.45, 7) is 1.93. The molecule has 12 heavy (non-hydrogen) atoms. The second-order valence-corrected chi connectivity index (χ2v) is 3.27. The van der Waals surface area contributed by atoms with Crippen molar-refractivity contribution in [1.82, 2.24) is 9.97 Å². The van der Waals surface area contributed by atoms with Gasteiger partial charge in [0.1, 0.15) is 0 Å². The van der Waals surface area contributed by atoms with Crippen molar-refractivity contribution in [2.45, 2.75) is 12.1 Å². The number of nitrogens with zero attached hydrogens (tertiary/aromatic N) is 2. The zero-order valence-corrected chi connectivity index (χ0v) is 8.49. The molecular formula is C8H9ClN2S. The van der Waals surface area contributed by atoms with Crippen molar-refractivity contribution in [3.05, 3.63) is 23.0 Å². The van der Waals surface area contributed by atoms with Crippen LogP contribution in [0.2, 0.25) is 5.02 Å². The highest BCUT2D eigenvalue weighted by Crippen LogP contribution is 2.17. The number of thioether (sulfide) groups is 1. The number of rotatable bonds is 2. The van der Waals surface area contributed by atoms with E-state index in [0.717, 1.165) is 10.9 Å². The van der Waals surface area contributed by atoms with Crippen LogP contribution >= 0.6 is 23.4 Å². The van der Waals surface area contributed by atoms with Gasteiger partial charge in [0.15, 0.2) is 5.16 Å². The van der Waals surface area contributed by atoms with Gasteiger partial charge >= 0.3 is 0 Å². The predicted molar refractivity (Wildman–Crippen MR) is 53.5 cm³/mol. The number of hydrogen-bond acceptors (Lipinski definition) is 3. The molecule has 0 radical (unpaired) electrons. The highest BCUT2D eigenvalue weighted by Gasteiger charge is 2.00. The van der Waals surface area contributed by atoms with E-state index < -0.39 is 0 Å². The lowest BCUT2D eigenvalue weighted by Crippen LogP contribution is -1.89. The largest absolute Gasteiger partial charge is 0.230 e. The van der Waals surface area contributed by atoms with Crippen LogP contribution in [0, 0.1) is 0 Å². The fourth-order valence-corrected chi connectivity index (χ4v) is 1.24. The first-order valence-corrected chi connectivity index (χ1v) is 5.07. The van der Waals surface area contributed by atoms with Gasteiger partial charge in [-0.25, -0.2) is 9.97 Å². The van der Waals surface area contributed by atoms with E-state index in [0.29, 0.717) is 5.02 Å². The molecule has 4 heteroatoms. The van der Waals surface area contributed by atoms with E-state index in [9.17, 15) is 0 Å². The van der Waals surface area contributed by atoms with Gasteiger partial charge in [0.25, 0.3) is 0 Å². The Balaban J connectivity index is 3.08. The molecule has 64 valence electrons. The molecule has 0 saturated carbocycles. The molecule has 1 rings (SSSR count). The maximum absolute atomic E-state index is 5.85. The fraction of sp³-hybridized carbons (Fsp3) is 0.250. The van der Waals surface area contributed by atoms with Crippen LogP contribution < -0.4 is 0 Å². The van der Waals surface area contributed by atoms with Crippen molar-refractivity contribution in [3.8, 4) is 0 Å². The average Bonchev–Trinajstić information content (AvgIpc) is 2.09. The molecule has 1 aromatic heterocycles. The molecule has 0 aliphatic heterocycles. The van der Waals surface area contributed by atoms with Crippen LogP contribution in [0.4, 0.5) is 0 Å². The smallest absolute Gasteiger partial charge is 0.187 e. The van der Waals surface area contributed by atoms with Crippen molar-refractivity contribution < 1.29 is 0 Å². The van der Waals surface area contributed by atoms with Gasteiger partial charge in [-0.1, -0.05) is 29.4 Å². The van der Waals surface area contributed by atoms with E-state index in [1.807, 2.05) is 25.3 Å². The van der Waals surface area contributed by atoms with Gasteiger partial charge in [0.2, 0.25) is 0 Å². The van der Waals surface area contributed by atoms with E-state index in [1.165, 1.54) is 11.8 Å². The minimum absolute atomic E-state index is 0.589. The Bertz CT molecular complexity index is 299. The number of hydrogen-bond donors (Lipinski definition) is 0. The summed E-state index contributed by atoms with van der Waals surface area (Å²) < 4.78 is 0. The van der Waals surface area contributed by atoms with Crippen LogP contribution in [0.1, 0.15) is 12.6 Å².